The predicted molar refractivity (Wildman–Crippen MR) is 164 cm³/mol. The van der Waals surface area contributed by atoms with Crippen LogP contribution in [0.15, 0.2) is 69.9 Å². The number of aryl methyl sites for hydroxylation is 2. The van der Waals surface area contributed by atoms with Gasteiger partial charge in [-0.3, -0.25) is 0 Å². The Morgan fingerprint density at radius 2 is 1.07 bits per heavy atom. The Bertz CT molecular complexity index is 1470. The van der Waals surface area contributed by atoms with Crippen molar-refractivity contribution in [2.45, 2.75) is 39.3 Å². The predicted octanol–water partition coefficient (Wildman–Crippen LogP) is 9.15. The highest BCUT2D eigenvalue weighted by molar-refractivity contribution is 9.10. The Kier molecular flexibility index (Phi) is 11.5. The first kappa shape index (κ1) is 35.0. The largest absolute Gasteiger partial charge is 0.497 e. The van der Waals surface area contributed by atoms with E-state index < -0.39 is 23.5 Å². The molecule has 0 aliphatic heterocycles. The minimum Gasteiger partial charge on any atom is -0.497 e. The van der Waals surface area contributed by atoms with Gasteiger partial charge < -0.3 is 20.1 Å². The summed E-state index contributed by atoms with van der Waals surface area (Å²) in [5.41, 5.74) is 5.85. The van der Waals surface area contributed by atoms with Crippen LogP contribution in [-0.4, -0.2) is 24.2 Å². The van der Waals surface area contributed by atoms with E-state index in [1.165, 1.54) is 26.0 Å². The van der Waals surface area contributed by atoms with Gasteiger partial charge in [0.25, 0.3) is 0 Å². The zero-order valence-electron chi connectivity index (χ0n) is 23.9. The summed E-state index contributed by atoms with van der Waals surface area (Å²) in [6.07, 6.45) is -8.88. The van der Waals surface area contributed by atoms with Gasteiger partial charge in [-0.15, -0.1) is 0 Å². The molecule has 0 unspecified atom stereocenters. The molecule has 0 atom stereocenters. The first-order valence-corrected chi connectivity index (χ1v) is 14.4. The summed E-state index contributed by atoms with van der Waals surface area (Å²) in [5, 5.41) is 0. The summed E-state index contributed by atoms with van der Waals surface area (Å²) in [5.74, 6) is 1.98. The van der Waals surface area contributed by atoms with Crippen LogP contribution in [-0.2, 0) is 25.4 Å². The van der Waals surface area contributed by atoms with Gasteiger partial charge in [-0.2, -0.15) is 26.3 Å². The molecule has 2 heterocycles. The highest BCUT2D eigenvalue weighted by Gasteiger charge is 2.37. The lowest BCUT2D eigenvalue weighted by Gasteiger charge is -2.26. The summed E-state index contributed by atoms with van der Waals surface area (Å²) < 4.78 is 87.0. The third-order valence-corrected chi connectivity index (χ3v) is 7.45. The standard InChI is InChI=1S/C23H22BrF3N2O2.C7H6BrF3N2/c1-15-12-20(28-22(24)21(15)23(25,26)27)29(13-16-4-8-18(30-2)9-5-16)14-17-6-10-19(31-3)11-7-17;1-3-2-4(12)13-6(8)5(3)7(9,10)11/h4-12H,13-14H2,1-3H3;2H,1H3,(H2,12,13). The third kappa shape index (κ3) is 9.24. The quantitative estimate of drug-likeness (QED) is 0.150. The van der Waals surface area contributed by atoms with Crippen molar-refractivity contribution in [3.05, 3.63) is 103 Å². The lowest BCUT2D eigenvalue weighted by molar-refractivity contribution is -0.139. The molecule has 0 fully saturated rings. The maximum Gasteiger partial charge on any atom is 0.419 e. The van der Waals surface area contributed by atoms with Crippen molar-refractivity contribution in [3.63, 3.8) is 0 Å². The highest BCUT2D eigenvalue weighted by atomic mass is 79.9. The normalized spacial score (nSPS) is 11.5. The van der Waals surface area contributed by atoms with Gasteiger partial charge in [0.15, 0.2) is 0 Å². The lowest BCUT2D eigenvalue weighted by Crippen LogP contribution is -2.24. The number of methoxy groups -OCH3 is 2. The average molecular weight is 750 g/mol. The number of nitrogen functional groups attached to an aromatic ring is 1. The molecule has 0 saturated carbocycles. The van der Waals surface area contributed by atoms with Crippen LogP contribution in [0.5, 0.6) is 11.5 Å². The van der Waals surface area contributed by atoms with Crippen molar-refractivity contribution >= 4 is 43.5 Å². The first-order chi connectivity index (χ1) is 20.5. The van der Waals surface area contributed by atoms with Crippen LogP contribution < -0.4 is 20.1 Å². The number of hydrogen-bond acceptors (Lipinski definition) is 6. The Balaban J connectivity index is 0.000000340. The summed E-state index contributed by atoms with van der Waals surface area (Å²) in [4.78, 5) is 9.64. The Hall–Kier alpha value is -3.52. The highest BCUT2D eigenvalue weighted by Crippen LogP contribution is 2.39. The van der Waals surface area contributed by atoms with E-state index in [0.29, 0.717) is 18.9 Å². The molecule has 44 heavy (non-hydrogen) atoms. The molecule has 0 aliphatic rings. The van der Waals surface area contributed by atoms with Crippen LogP contribution in [0.3, 0.4) is 0 Å². The van der Waals surface area contributed by atoms with Crippen molar-refractivity contribution in [1.29, 1.82) is 0 Å². The van der Waals surface area contributed by atoms with Gasteiger partial charge in [-0.1, -0.05) is 24.3 Å². The van der Waals surface area contributed by atoms with E-state index in [2.05, 4.69) is 41.8 Å². The van der Waals surface area contributed by atoms with Gasteiger partial charge in [0.2, 0.25) is 0 Å². The van der Waals surface area contributed by atoms with Crippen molar-refractivity contribution in [3.8, 4) is 11.5 Å². The van der Waals surface area contributed by atoms with Gasteiger partial charge in [0.1, 0.15) is 32.3 Å². The number of aromatic nitrogens is 2. The lowest BCUT2D eigenvalue weighted by atomic mass is 10.1. The van der Waals surface area contributed by atoms with Crippen LogP contribution in [0, 0.1) is 13.8 Å². The molecule has 2 N–H and O–H groups in total. The fourth-order valence-corrected chi connectivity index (χ4v) is 5.70. The molecule has 0 aliphatic carbocycles. The Morgan fingerprint density at radius 3 is 1.41 bits per heavy atom. The SMILES string of the molecule is COc1ccc(CN(Cc2ccc(OC)cc2)c2cc(C)c(C(F)(F)F)c(Br)n2)cc1.Cc1cc(N)nc(Br)c1C(F)(F)F. The van der Waals surface area contributed by atoms with Gasteiger partial charge in [-0.25, -0.2) is 9.97 Å². The molecular weight excluding hydrogens is 722 g/mol. The van der Waals surface area contributed by atoms with E-state index in [9.17, 15) is 26.3 Å². The van der Waals surface area contributed by atoms with Crippen molar-refractivity contribution < 1.29 is 35.8 Å². The van der Waals surface area contributed by atoms with Crippen LogP contribution in [0.4, 0.5) is 38.0 Å². The van der Waals surface area contributed by atoms with Gasteiger partial charge in [0, 0.05) is 13.1 Å². The smallest absolute Gasteiger partial charge is 0.419 e. The topological polar surface area (TPSA) is 73.5 Å². The van der Waals surface area contributed by atoms with E-state index in [4.69, 9.17) is 15.2 Å². The molecule has 6 nitrogen and oxygen atoms in total. The summed E-state index contributed by atoms with van der Waals surface area (Å²) in [6, 6.07) is 17.7. The third-order valence-electron chi connectivity index (χ3n) is 6.31. The second-order valence-electron chi connectivity index (χ2n) is 9.54. The summed E-state index contributed by atoms with van der Waals surface area (Å²) in [6.45, 7) is 3.70. The average Bonchev–Trinajstić information content (AvgIpc) is 2.91. The first-order valence-electron chi connectivity index (χ1n) is 12.8. The van der Waals surface area contributed by atoms with Gasteiger partial charge >= 0.3 is 12.4 Å². The molecule has 14 heteroatoms. The van der Waals surface area contributed by atoms with Gasteiger partial charge in [-0.05, 0) is 104 Å². The summed E-state index contributed by atoms with van der Waals surface area (Å²) >= 11 is 5.74. The second kappa shape index (κ2) is 14.5. The van der Waals surface area contributed by atoms with Crippen molar-refractivity contribution in [1.82, 2.24) is 9.97 Å². The molecular formula is C30H28Br2F6N4O2. The molecule has 2 aromatic heterocycles. The number of hydrogen-bond donors (Lipinski definition) is 1. The number of benzene rings is 2. The number of nitrogens with two attached hydrogens (primary N) is 1. The van der Waals surface area contributed by atoms with E-state index >= 15 is 0 Å². The Labute approximate surface area is 267 Å². The molecule has 0 spiro atoms. The number of ether oxygens (including phenoxy) is 2. The van der Waals surface area contributed by atoms with Crippen molar-refractivity contribution in [2.24, 2.45) is 0 Å². The fourth-order valence-electron chi connectivity index (χ4n) is 4.24. The molecule has 4 rings (SSSR count). The number of anilines is 2. The minimum atomic E-state index is -4.48. The van der Waals surface area contributed by atoms with Crippen LogP contribution in [0.1, 0.15) is 33.4 Å². The molecule has 236 valence electrons. The van der Waals surface area contributed by atoms with Crippen LogP contribution in [0.2, 0.25) is 0 Å². The number of alkyl halides is 6. The van der Waals surface area contributed by atoms with E-state index in [1.807, 2.05) is 53.4 Å². The van der Waals surface area contributed by atoms with E-state index in [-0.39, 0.29) is 26.2 Å². The monoisotopic (exact) mass is 748 g/mol. The summed E-state index contributed by atoms with van der Waals surface area (Å²) in [7, 11) is 3.19. The number of pyridine rings is 2. The molecule has 4 aromatic rings. The second-order valence-corrected chi connectivity index (χ2v) is 11.0. The number of rotatable bonds is 7. The maximum atomic E-state index is 13.4. The Morgan fingerprint density at radius 1 is 0.682 bits per heavy atom. The van der Waals surface area contributed by atoms with E-state index in [1.54, 1.807) is 14.2 Å². The van der Waals surface area contributed by atoms with Crippen LogP contribution in [0.25, 0.3) is 0 Å². The number of nitrogens with zero attached hydrogens (tertiary/aromatic N) is 3. The van der Waals surface area contributed by atoms with Crippen LogP contribution >= 0.6 is 31.9 Å². The zero-order valence-corrected chi connectivity index (χ0v) is 27.1. The van der Waals surface area contributed by atoms with Gasteiger partial charge in [0.05, 0.1) is 25.3 Å². The molecule has 0 saturated heterocycles. The fraction of sp³-hybridized carbons (Fsp3) is 0.267. The molecule has 0 amide bonds. The molecule has 2 aromatic carbocycles. The number of halogens is 8. The van der Waals surface area contributed by atoms with E-state index in [0.717, 1.165) is 22.6 Å². The van der Waals surface area contributed by atoms with Crippen molar-refractivity contribution in [2.75, 3.05) is 24.9 Å². The maximum absolute atomic E-state index is 13.4. The molecule has 0 bridgehead atoms. The minimum absolute atomic E-state index is 0.0619. The molecule has 0 radical (unpaired) electrons. The zero-order chi connectivity index (χ0) is 32.8.